The van der Waals surface area contributed by atoms with Crippen LogP contribution in [0.5, 0.6) is 0 Å². The lowest BCUT2D eigenvalue weighted by Crippen LogP contribution is -2.27. The Morgan fingerprint density at radius 3 is 2.55 bits per heavy atom. The minimum absolute atomic E-state index is 0.127. The highest BCUT2D eigenvalue weighted by Gasteiger charge is 2.17. The summed E-state index contributed by atoms with van der Waals surface area (Å²) in [5, 5.41) is 13.5. The van der Waals surface area contributed by atoms with E-state index >= 15 is 0 Å². The molecule has 2 N–H and O–H groups in total. The molecule has 0 spiro atoms. The quantitative estimate of drug-likeness (QED) is 0.408. The minimum atomic E-state index is -3.99. The van der Waals surface area contributed by atoms with E-state index in [0.29, 0.717) is 0 Å². The number of carbonyl (C=O) groups excluding carboxylic acids is 1. The number of para-hydroxylation sites is 1. The summed E-state index contributed by atoms with van der Waals surface area (Å²) in [6.45, 7) is -0.491. The molecule has 0 saturated heterocycles. The zero-order valence-electron chi connectivity index (χ0n) is 15.7. The Balaban J connectivity index is 1.77. The summed E-state index contributed by atoms with van der Waals surface area (Å²) in [4.78, 5) is 34.1. The van der Waals surface area contributed by atoms with Crippen molar-refractivity contribution in [1.29, 1.82) is 0 Å². The van der Waals surface area contributed by atoms with E-state index in [-0.39, 0.29) is 27.0 Å². The van der Waals surface area contributed by atoms with Gasteiger partial charge in [-0.05, 0) is 30.3 Å². The van der Waals surface area contributed by atoms with Crippen LogP contribution in [0.15, 0.2) is 76.6 Å². The van der Waals surface area contributed by atoms with Gasteiger partial charge in [-0.25, -0.2) is 8.42 Å². The molecule has 160 valence electrons. The molecule has 0 unspecified atom stereocenters. The fraction of sp³-hybridized carbons (Fsp3) is 0.0526. The Kier molecular flexibility index (Phi) is 6.37. The van der Waals surface area contributed by atoms with Crippen LogP contribution in [-0.4, -0.2) is 23.8 Å². The third kappa shape index (κ3) is 5.47. The predicted octanol–water partition coefficient (Wildman–Crippen LogP) is 2.85. The molecule has 0 aliphatic carbocycles. The van der Waals surface area contributed by atoms with Crippen molar-refractivity contribution in [3.05, 3.63) is 92.4 Å². The van der Waals surface area contributed by atoms with Crippen LogP contribution in [0, 0.1) is 10.1 Å². The van der Waals surface area contributed by atoms with Crippen LogP contribution in [0.3, 0.4) is 0 Å². The lowest BCUT2D eigenvalue weighted by molar-refractivity contribution is -0.385. The summed E-state index contributed by atoms with van der Waals surface area (Å²) < 4.78 is 28.5. The number of nitro groups is 1. The number of anilines is 2. The van der Waals surface area contributed by atoms with Crippen LogP contribution in [0.1, 0.15) is 0 Å². The van der Waals surface area contributed by atoms with Crippen LogP contribution in [0.25, 0.3) is 0 Å². The Morgan fingerprint density at radius 1 is 1.10 bits per heavy atom. The number of nitrogens with one attached hydrogen (secondary N) is 2. The van der Waals surface area contributed by atoms with Crippen molar-refractivity contribution in [3.8, 4) is 0 Å². The highest BCUT2D eigenvalue weighted by Crippen LogP contribution is 2.25. The maximum absolute atomic E-state index is 12.6. The Hall–Kier alpha value is -3.70. The molecule has 0 fully saturated rings. The molecule has 0 radical (unpaired) electrons. The fourth-order valence-corrected chi connectivity index (χ4v) is 3.96. The largest absolute Gasteiger partial charge is 0.324 e. The van der Waals surface area contributed by atoms with E-state index in [1.54, 1.807) is 12.1 Å². The van der Waals surface area contributed by atoms with Gasteiger partial charge in [0.15, 0.2) is 0 Å². The number of rotatable bonds is 7. The predicted molar refractivity (Wildman–Crippen MR) is 115 cm³/mol. The number of hydrogen-bond donors (Lipinski definition) is 2. The van der Waals surface area contributed by atoms with Gasteiger partial charge in [0.2, 0.25) is 5.91 Å². The molecule has 0 aliphatic heterocycles. The van der Waals surface area contributed by atoms with Gasteiger partial charge in [0.25, 0.3) is 21.3 Å². The van der Waals surface area contributed by atoms with Gasteiger partial charge in [-0.2, -0.15) is 0 Å². The van der Waals surface area contributed by atoms with Gasteiger partial charge >= 0.3 is 0 Å². The van der Waals surface area contributed by atoms with Crippen LogP contribution in [0.2, 0.25) is 5.02 Å². The number of nitrogens with zero attached hydrogens (tertiary/aromatic N) is 2. The van der Waals surface area contributed by atoms with Crippen molar-refractivity contribution in [3.63, 3.8) is 0 Å². The van der Waals surface area contributed by atoms with E-state index in [9.17, 15) is 28.1 Å². The molecular formula is C19H15ClN4O6S. The number of sulfonamides is 1. The number of benzene rings is 2. The number of halogens is 1. The molecule has 0 saturated carbocycles. The smallest absolute Gasteiger partial charge is 0.285 e. The van der Waals surface area contributed by atoms with Gasteiger partial charge in [0, 0.05) is 17.8 Å². The zero-order chi connectivity index (χ0) is 22.6. The third-order valence-electron chi connectivity index (χ3n) is 4.04. The van der Waals surface area contributed by atoms with Crippen LogP contribution >= 0.6 is 11.6 Å². The molecule has 12 heteroatoms. The van der Waals surface area contributed by atoms with E-state index in [1.165, 1.54) is 36.4 Å². The van der Waals surface area contributed by atoms with Crippen molar-refractivity contribution in [2.24, 2.45) is 0 Å². The lowest BCUT2D eigenvalue weighted by Gasteiger charge is -2.11. The summed E-state index contributed by atoms with van der Waals surface area (Å²) in [5.74, 6) is -0.670. The van der Waals surface area contributed by atoms with Gasteiger partial charge in [-0.1, -0.05) is 29.8 Å². The first-order chi connectivity index (χ1) is 14.7. The Morgan fingerprint density at radius 2 is 1.84 bits per heavy atom. The van der Waals surface area contributed by atoms with E-state index in [4.69, 9.17) is 11.6 Å². The fourth-order valence-electron chi connectivity index (χ4n) is 2.59. The zero-order valence-corrected chi connectivity index (χ0v) is 17.3. The monoisotopic (exact) mass is 462 g/mol. The number of amides is 1. The first-order valence-corrected chi connectivity index (χ1v) is 10.5. The summed E-state index contributed by atoms with van der Waals surface area (Å²) >= 11 is 5.98. The molecule has 0 aliphatic rings. The number of carbonyl (C=O) groups is 1. The van der Waals surface area contributed by atoms with Crippen LogP contribution in [-0.2, 0) is 21.4 Å². The Bertz CT molecular complexity index is 1320. The maximum Gasteiger partial charge on any atom is 0.285 e. The van der Waals surface area contributed by atoms with Gasteiger partial charge < -0.3 is 5.32 Å². The van der Waals surface area contributed by atoms with Crippen molar-refractivity contribution < 1.29 is 18.1 Å². The highest BCUT2D eigenvalue weighted by molar-refractivity contribution is 7.92. The first kappa shape index (κ1) is 22.0. The van der Waals surface area contributed by atoms with Gasteiger partial charge in [-0.15, -0.1) is 0 Å². The van der Waals surface area contributed by atoms with Crippen LogP contribution < -0.4 is 15.6 Å². The summed E-state index contributed by atoms with van der Waals surface area (Å²) in [7, 11) is -3.99. The molecule has 0 atom stereocenters. The topological polar surface area (TPSA) is 140 Å². The van der Waals surface area contributed by atoms with Crippen molar-refractivity contribution in [1.82, 2.24) is 4.57 Å². The van der Waals surface area contributed by atoms with E-state index < -0.39 is 33.0 Å². The number of aromatic nitrogens is 1. The molecule has 3 rings (SSSR count). The average Bonchev–Trinajstić information content (AvgIpc) is 2.71. The van der Waals surface area contributed by atoms with Gasteiger partial charge in [0.05, 0.1) is 26.7 Å². The molecule has 1 heterocycles. The van der Waals surface area contributed by atoms with E-state index in [1.807, 2.05) is 0 Å². The highest BCUT2D eigenvalue weighted by atomic mass is 35.5. The number of hydrogen-bond acceptors (Lipinski definition) is 6. The second kappa shape index (κ2) is 8.98. The first-order valence-electron chi connectivity index (χ1n) is 8.68. The normalized spacial score (nSPS) is 11.0. The molecule has 31 heavy (non-hydrogen) atoms. The van der Waals surface area contributed by atoms with Crippen molar-refractivity contribution in [2.75, 3.05) is 10.0 Å². The lowest BCUT2D eigenvalue weighted by atomic mass is 10.3. The molecule has 10 nitrogen and oxygen atoms in total. The number of pyridine rings is 1. The van der Waals surface area contributed by atoms with E-state index in [0.717, 1.165) is 22.9 Å². The standard InChI is InChI=1S/C19H15ClN4O6S/c20-16-6-1-2-7-17(16)22-31(29,30)15-5-3-4-13(10-15)21-18(25)12-23-11-14(24(27)28)8-9-19(23)26/h1-11,22H,12H2,(H,21,25). The molecule has 0 bridgehead atoms. The minimum Gasteiger partial charge on any atom is -0.324 e. The molecule has 3 aromatic rings. The SMILES string of the molecule is O=C(Cn1cc([N+](=O)[O-])ccc1=O)Nc1cccc(S(=O)(=O)Nc2ccccc2Cl)c1. The second-order valence-electron chi connectivity index (χ2n) is 6.27. The maximum atomic E-state index is 12.6. The van der Waals surface area contributed by atoms with Crippen molar-refractivity contribution in [2.45, 2.75) is 11.4 Å². The Labute approximate surface area is 181 Å². The molecule has 2 aromatic carbocycles. The molecule has 1 amide bonds. The van der Waals surface area contributed by atoms with Crippen LogP contribution in [0.4, 0.5) is 17.1 Å². The summed E-state index contributed by atoms with van der Waals surface area (Å²) in [6, 6.07) is 13.8. The van der Waals surface area contributed by atoms with E-state index in [2.05, 4.69) is 10.0 Å². The summed E-state index contributed by atoms with van der Waals surface area (Å²) in [6.07, 6.45) is 0.955. The molecule has 1 aromatic heterocycles. The third-order valence-corrected chi connectivity index (χ3v) is 5.73. The van der Waals surface area contributed by atoms with Gasteiger partial charge in [0.1, 0.15) is 6.54 Å². The van der Waals surface area contributed by atoms with Gasteiger partial charge in [-0.3, -0.25) is 29.0 Å². The van der Waals surface area contributed by atoms with Crippen molar-refractivity contribution >= 4 is 44.6 Å². The second-order valence-corrected chi connectivity index (χ2v) is 8.36. The average molecular weight is 463 g/mol. The molecular weight excluding hydrogens is 448 g/mol. The summed E-state index contributed by atoms with van der Waals surface area (Å²) in [5.41, 5.74) is -0.582.